The van der Waals surface area contributed by atoms with E-state index in [2.05, 4.69) is 0 Å². The van der Waals surface area contributed by atoms with Gasteiger partial charge in [0.25, 0.3) is 11.8 Å². The highest BCUT2D eigenvalue weighted by Crippen LogP contribution is 2.14. The van der Waals surface area contributed by atoms with E-state index in [9.17, 15) is 9.59 Å². The predicted molar refractivity (Wildman–Crippen MR) is 86.6 cm³/mol. The van der Waals surface area contributed by atoms with E-state index in [-0.39, 0.29) is 11.8 Å². The number of rotatable bonds is 2. The van der Waals surface area contributed by atoms with Crippen LogP contribution in [0.2, 0.25) is 5.02 Å². The van der Waals surface area contributed by atoms with Crippen molar-refractivity contribution in [3.05, 3.63) is 59.0 Å². The third-order valence-corrected chi connectivity index (χ3v) is 4.15. The number of carbonyl (C=O) groups excluding carboxylic acids is 2. The first kappa shape index (κ1) is 15.6. The van der Waals surface area contributed by atoms with Gasteiger partial charge in [0.2, 0.25) is 0 Å². The van der Waals surface area contributed by atoms with Gasteiger partial charge in [-0.3, -0.25) is 9.59 Å². The van der Waals surface area contributed by atoms with Gasteiger partial charge < -0.3 is 14.2 Å². The molecule has 0 bridgehead atoms. The molecule has 3 rings (SSSR count). The van der Waals surface area contributed by atoms with Crippen LogP contribution in [0.1, 0.15) is 27.3 Å². The molecule has 0 spiro atoms. The zero-order valence-corrected chi connectivity index (χ0v) is 13.3. The fourth-order valence-corrected chi connectivity index (χ4v) is 2.78. The molecule has 0 aliphatic carbocycles. The standard InChI is InChI=1S/C17H17ClN2O3/c18-14-6-4-13(5-7-14)16(21)19-8-2-9-20(11-10-19)17(22)15-3-1-12-23-15/h1,3-7,12H,2,8-11H2. The van der Waals surface area contributed by atoms with Gasteiger partial charge in [0.15, 0.2) is 5.76 Å². The quantitative estimate of drug-likeness (QED) is 0.849. The first-order valence-corrected chi connectivity index (χ1v) is 7.90. The highest BCUT2D eigenvalue weighted by atomic mass is 35.5. The number of carbonyl (C=O) groups is 2. The molecule has 1 aromatic heterocycles. The normalized spacial score (nSPS) is 15.3. The lowest BCUT2D eigenvalue weighted by molar-refractivity contribution is 0.0700. The molecular weight excluding hydrogens is 316 g/mol. The fraction of sp³-hybridized carbons (Fsp3) is 0.294. The molecule has 6 heteroatoms. The third kappa shape index (κ3) is 3.56. The summed E-state index contributed by atoms with van der Waals surface area (Å²) in [5.74, 6) is 0.173. The summed E-state index contributed by atoms with van der Waals surface area (Å²) in [4.78, 5) is 28.3. The molecule has 23 heavy (non-hydrogen) atoms. The third-order valence-electron chi connectivity index (χ3n) is 3.89. The van der Waals surface area contributed by atoms with Crippen LogP contribution in [0, 0.1) is 0 Å². The highest BCUT2D eigenvalue weighted by Gasteiger charge is 2.24. The fourth-order valence-electron chi connectivity index (χ4n) is 2.65. The second-order valence-electron chi connectivity index (χ2n) is 5.42. The van der Waals surface area contributed by atoms with Crippen molar-refractivity contribution < 1.29 is 14.0 Å². The molecule has 5 nitrogen and oxygen atoms in total. The van der Waals surface area contributed by atoms with Gasteiger partial charge in [-0.25, -0.2) is 0 Å². The van der Waals surface area contributed by atoms with E-state index in [1.165, 1.54) is 6.26 Å². The lowest BCUT2D eigenvalue weighted by Gasteiger charge is -2.21. The van der Waals surface area contributed by atoms with Gasteiger partial charge in [0.1, 0.15) is 0 Å². The lowest BCUT2D eigenvalue weighted by atomic mass is 10.2. The maximum absolute atomic E-state index is 12.5. The molecule has 1 aliphatic heterocycles. The Morgan fingerprint density at radius 3 is 2.17 bits per heavy atom. The van der Waals surface area contributed by atoms with Crippen molar-refractivity contribution in [1.29, 1.82) is 0 Å². The van der Waals surface area contributed by atoms with Crippen molar-refractivity contribution in [1.82, 2.24) is 9.80 Å². The summed E-state index contributed by atoms with van der Waals surface area (Å²) in [5, 5.41) is 0.604. The van der Waals surface area contributed by atoms with Crippen molar-refractivity contribution in [2.75, 3.05) is 26.2 Å². The highest BCUT2D eigenvalue weighted by molar-refractivity contribution is 6.30. The van der Waals surface area contributed by atoms with Gasteiger partial charge >= 0.3 is 0 Å². The second-order valence-corrected chi connectivity index (χ2v) is 5.86. The molecule has 1 aliphatic rings. The number of hydrogen-bond acceptors (Lipinski definition) is 3. The van der Waals surface area contributed by atoms with Gasteiger partial charge in [-0.05, 0) is 42.8 Å². The van der Waals surface area contributed by atoms with Crippen molar-refractivity contribution >= 4 is 23.4 Å². The molecule has 0 radical (unpaired) electrons. The number of hydrogen-bond donors (Lipinski definition) is 0. The minimum absolute atomic E-state index is 0.0334. The molecule has 0 saturated carbocycles. The zero-order chi connectivity index (χ0) is 16.2. The maximum atomic E-state index is 12.5. The summed E-state index contributed by atoms with van der Waals surface area (Å²) in [5.41, 5.74) is 0.611. The van der Waals surface area contributed by atoms with E-state index >= 15 is 0 Å². The first-order chi connectivity index (χ1) is 11.1. The monoisotopic (exact) mass is 332 g/mol. The summed E-state index contributed by atoms with van der Waals surface area (Å²) in [6.45, 7) is 2.25. The molecule has 2 heterocycles. The number of nitrogens with zero attached hydrogens (tertiary/aromatic N) is 2. The Hall–Kier alpha value is -2.27. The van der Waals surface area contributed by atoms with Crippen LogP contribution < -0.4 is 0 Å². The molecule has 2 amide bonds. The van der Waals surface area contributed by atoms with E-state index in [0.717, 1.165) is 6.42 Å². The van der Waals surface area contributed by atoms with Gasteiger partial charge in [0.05, 0.1) is 6.26 Å². The molecule has 0 unspecified atom stereocenters. The largest absolute Gasteiger partial charge is 0.459 e. The van der Waals surface area contributed by atoms with Gasteiger partial charge in [-0.2, -0.15) is 0 Å². The number of benzene rings is 1. The van der Waals surface area contributed by atoms with Crippen LogP contribution in [0.4, 0.5) is 0 Å². The molecule has 0 atom stereocenters. The SMILES string of the molecule is O=C(c1ccc(Cl)cc1)N1CCCN(C(=O)c2ccco2)CC1. The predicted octanol–water partition coefficient (Wildman–Crippen LogP) is 2.92. The van der Waals surface area contributed by atoms with Crippen molar-refractivity contribution in [3.8, 4) is 0 Å². The second kappa shape index (κ2) is 6.87. The molecule has 0 N–H and O–H groups in total. The smallest absolute Gasteiger partial charge is 0.289 e. The van der Waals surface area contributed by atoms with Crippen LogP contribution in [0.5, 0.6) is 0 Å². The van der Waals surface area contributed by atoms with Crippen LogP contribution in [-0.4, -0.2) is 47.8 Å². The number of amides is 2. The van der Waals surface area contributed by atoms with Crippen molar-refractivity contribution in [2.45, 2.75) is 6.42 Å². The van der Waals surface area contributed by atoms with E-state index in [0.29, 0.717) is 42.5 Å². The Morgan fingerprint density at radius 1 is 0.913 bits per heavy atom. The minimum Gasteiger partial charge on any atom is -0.459 e. The van der Waals surface area contributed by atoms with Crippen LogP contribution in [0.25, 0.3) is 0 Å². The summed E-state index contributed by atoms with van der Waals surface area (Å²) >= 11 is 5.85. The van der Waals surface area contributed by atoms with Crippen LogP contribution in [0.15, 0.2) is 47.1 Å². The summed E-state index contributed by atoms with van der Waals surface area (Å²) < 4.78 is 5.16. The van der Waals surface area contributed by atoms with E-state index in [4.69, 9.17) is 16.0 Å². The molecule has 1 aromatic carbocycles. The zero-order valence-electron chi connectivity index (χ0n) is 12.6. The van der Waals surface area contributed by atoms with E-state index in [1.54, 1.807) is 46.2 Å². The lowest BCUT2D eigenvalue weighted by Crippen LogP contribution is -2.37. The Bertz CT molecular complexity index is 682. The number of halogens is 1. The van der Waals surface area contributed by atoms with Gasteiger partial charge in [-0.1, -0.05) is 11.6 Å². The minimum atomic E-state index is -0.129. The van der Waals surface area contributed by atoms with Gasteiger partial charge in [0, 0.05) is 36.8 Å². The average Bonchev–Trinajstić information content (AvgIpc) is 2.99. The summed E-state index contributed by atoms with van der Waals surface area (Å²) in [7, 11) is 0. The summed E-state index contributed by atoms with van der Waals surface area (Å²) in [6, 6.07) is 10.2. The Morgan fingerprint density at radius 2 is 1.57 bits per heavy atom. The van der Waals surface area contributed by atoms with E-state index < -0.39 is 0 Å². The maximum Gasteiger partial charge on any atom is 0.289 e. The van der Waals surface area contributed by atoms with Crippen LogP contribution in [0.3, 0.4) is 0 Å². The Balaban J connectivity index is 1.65. The first-order valence-electron chi connectivity index (χ1n) is 7.53. The van der Waals surface area contributed by atoms with Crippen molar-refractivity contribution in [3.63, 3.8) is 0 Å². The van der Waals surface area contributed by atoms with Crippen molar-refractivity contribution in [2.24, 2.45) is 0 Å². The topological polar surface area (TPSA) is 53.8 Å². The Kier molecular flexibility index (Phi) is 4.67. The van der Waals surface area contributed by atoms with E-state index in [1.807, 2.05) is 0 Å². The molecule has 120 valence electrons. The average molecular weight is 333 g/mol. The Labute approximate surface area is 139 Å². The van der Waals surface area contributed by atoms with Crippen LogP contribution >= 0.6 is 11.6 Å². The van der Waals surface area contributed by atoms with Gasteiger partial charge in [-0.15, -0.1) is 0 Å². The number of furan rings is 1. The molecule has 1 fully saturated rings. The molecular formula is C17H17ClN2O3. The summed E-state index contributed by atoms with van der Waals surface area (Å²) in [6.07, 6.45) is 2.23. The van der Waals surface area contributed by atoms with Crippen LogP contribution in [-0.2, 0) is 0 Å². The molecule has 2 aromatic rings. The molecule has 1 saturated heterocycles.